The molecule has 0 amide bonds. The molecule has 0 heterocycles. The van der Waals surface area contributed by atoms with Crippen LogP contribution in [0.3, 0.4) is 0 Å². The molecule has 0 aromatic carbocycles. The Bertz CT molecular complexity index is 146. The molecule has 0 aliphatic carbocycles. The molecule has 0 radical (unpaired) electrons. The summed E-state index contributed by atoms with van der Waals surface area (Å²) in [4.78, 5) is 2.09. The molecule has 3 nitrogen and oxygen atoms in total. The lowest BCUT2D eigenvalue weighted by molar-refractivity contribution is 0.371. The summed E-state index contributed by atoms with van der Waals surface area (Å²) < 4.78 is 0. The van der Waals surface area contributed by atoms with Gasteiger partial charge in [-0.05, 0) is 34.4 Å². The zero-order chi connectivity index (χ0) is 9.56. The second kappa shape index (κ2) is 5.99. The van der Waals surface area contributed by atoms with E-state index in [1.165, 1.54) is 0 Å². The first-order valence-electron chi connectivity index (χ1n) is 4.36. The van der Waals surface area contributed by atoms with Crippen molar-refractivity contribution in [1.82, 2.24) is 10.2 Å². The molecule has 0 aromatic heterocycles. The zero-order valence-electron chi connectivity index (χ0n) is 8.46. The SMILES string of the molecule is CC(C)NC(C#N)CCN(C)C. The van der Waals surface area contributed by atoms with Gasteiger partial charge < -0.3 is 4.90 Å². The first kappa shape index (κ1) is 11.4. The molecule has 1 unspecified atom stereocenters. The van der Waals surface area contributed by atoms with E-state index < -0.39 is 0 Å². The van der Waals surface area contributed by atoms with E-state index in [1.807, 2.05) is 14.1 Å². The van der Waals surface area contributed by atoms with Gasteiger partial charge in [0.05, 0.1) is 12.1 Å². The summed E-state index contributed by atoms with van der Waals surface area (Å²) in [6, 6.07) is 2.63. The zero-order valence-corrected chi connectivity index (χ0v) is 8.46. The molecule has 1 atom stereocenters. The van der Waals surface area contributed by atoms with Gasteiger partial charge in [0, 0.05) is 12.6 Å². The maximum Gasteiger partial charge on any atom is 0.0967 e. The fourth-order valence-electron chi connectivity index (χ4n) is 0.975. The van der Waals surface area contributed by atoms with Gasteiger partial charge in [0.1, 0.15) is 0 Å². The van der Waals surface area contributed by atoms with Crippen LogP contribution in [0, 0.1) is 11.3 Å². The summed E-state index contributed by atoms with van der Waals surface area (Å²) in [6.07, 6.45) is 0.891. The van der Waals surface area contributed by atoms with Gasteiger partial charge in [0.15, 0.2) is 0 Å². The Morgan fingerprint density at radius 3 is 2.33 bits per heavy atom. The second-order valence-electron chi connectivity index (χ2n) is 3.60. The van der Waals surface area contributed by atoms with E-state index >= 15 is 0 Å². The Morgan fingerprint density at radius 2 is 2.00 bits per heavy atom. The van der Waals surface area contributed by atoms with E-state index in [0.29, 0.717) is 6.04 Å². The third-order valence-corrected chi connectivity index (χ3v) is 1.56. The second-order valence-corrected chi connectivity index (χ2v) is 3.60. The molecule has 70 valence electrons. The Kier molecular flexibility index (Phi) is 5.69. The van der Waals surface area contributed by atoms with Crippen LogP contribution >= 0.6 is 0 Å². The number of nitrogens with one attached hydrogen (secondary N) is 1. The molecule has 0 bridgehead atoms. The van der Waals surface area contributed by atoms with Crippen molar-refractivity contribution in [3.8, 4) is 6.07 Å². The molecular formula is C9H19N3. The predicted molar refractivity (Wildman–Crippen MR) is 50.8 cm³/mol. The average molecular weight is 169 g/mol. The minimum atomic E-state index is -0.00704. The molecule has 0 saturated carbocycles. The average Bonchev–Trinajstić information content (AvgIpc) is 1.97. The van der Waals surface area contributed by atoms with Crippen LogP contribution in [0.1, 0.15) is 20.3 Å². The summed E-state index contributed by atoms with van der Waals surface area (Å²) >= 11 is 0. The van der Waals surface area contributed by atoms with Gasteiger partial charge in [-0.25, -0.2) is 0 Å². The van der Waals surface area contributed by atoms with Crippen molar-refractivity contribution in [2.75, 3.05) is 20.6 Å². The van der Waals surface area contributed by atoms with Crippen LogP contribution in [0.4, 0.5) is 0 Å². The summed E-state index contributed by atoms with van der Waals surface area (Å²) in [6.45, 7) is 5.07. The topological polar surface area (TPSA) is 39.1 Å². The van der Waals surface area contributed by atoms with Crippen LogP contribution in [0.25, 0.3) is 0 Å². The highest BCUT2D eigenvalue weighted by Crippen LogP contribution is 1.93. The summed E-state index contributed by atoms with van der Waals surface area (Å²) in [5.41, 5.74) is 0. The molecule has 0 aromatic rings. The molecule has 0 spiro atoms. The largest absolute Gasteiger partial charge is 0.309 e. The Balaban J connectivity index is 3.63. The fraction of sp³-hybridized carbons (Fsp3) is 0.889. The third-order valence-electron chi connectivity index (χ3n) is 1.56. The minimum Gasteiger partial charge on any atom is -0.309 e. The monoisotopic (exact) mass is 169 g/mol. The van der Waals surface area contributed by atoms with Crippen LogP contribution in [0.2, 0.25) is 0 Å². The van der Waals surface area contributed by atoms with Crippen LogP contribution in [0.5, 0.6) is 0 Å². The normalized spacial score (nSPS) is 13.4. The number of hydrogen-bond acceptors (Lipinski definition) is 3. The molecule has 12 heavy (non-hydrogen) atoms. The lowest BCUT2D eigenvalue weighted by atomic mass is 10.2. The van der Waals surface area contributed by atoms with Crippen LogP contribution in [0.15, 0.2) is 0 Å². The quantitative estimate of drug-likeness (QED) is 0.662. The molecule has 0 saturated heterocycles. The van der Waals surface area contributed by atoms with E-state index in [0.717, 1.165) is 13.0 Å². The number of nitriles is 1. The van der Waals surface area contributed by atoms with E-state index in [1.54, 1.807) is 0 Å². The van der Waals surface area contributed by atoms with E-state index in [4.69, 9.17) is 5.26 Å². The molecular weight excluding hydrogens is 150 g/mol. The summed E-state index contributed by atoms with van der Waals surface area (Å²) in [5, 5.41) is 12.0. The Morgan fingerprint density at radius 1 is 1.42 bits per heavy atom. The number of nitrogens with zero attached hydrogens (tertiary/aromatic N) is 2. The van der Waals surface area contributed by atoms with Crippen molar-refractivity contribution in [3.63, 3.8) is 0 Å². The van der Waals surface area contributed by atoms with Gasteiger partial charge in [-0.2, -0.15) is 5.26 Å². The first-order valence-corrected chi connectivity index (χ1v) is 4.36. The standard InChI is InChI=1S/C9H19N3/c1-8(2)11-9(7-10)5-6-12(3)4/h8-9,11H,5-6H2,1-4H3. The number of hydrogen-bond donors (Lipinski definition) is 1. The molecule has 1 N–H and O–H groups in total. The van der Waals surface area contributed by atoms with Crippen molar-refractivity contribution in [2.45, 2.75) is 32.4 Å². The van der Waals surface area contributed by atoms with Gasteiger partial charge in [-0.15, -0.1) is 0 Å². The van der Waals surface area contributed by atoms with Crippen molar-refractivity contribution in [3.05, 3.63) is 0 Å². The Hall–Kier alpha value is -0.590. The smallest absolute Gasteiger partial charge is 0.0967 e. The molecule has 0 aliphatic heterocycles. The summed E-state index contributed by atoms with van der Waals surface area (Å²) in [7, 11) is 4.04. The first-order chi connectivity index (χ1) is 5.56. The van der Waals surface area contributed by atoms with E-state index in [-0.39, 0.29) is 6.04 Å². The van der Waals surface area contributed by atoms with E-state index in [9.17, 15) is 0 Å². The predicted octanol–water partition coefficient (Wildman–Crippen LogP) is 0.828. The fourth-order valence-corrected chi connectivity index (χ4v) is 0.975. The van der Waals surface area contributed by atoms with Gasteiger partial charge in [-0.3, -0.25) is 5.32 Å². The van der Waals surface area contributed by atoms with Crippen molar-refractivity contribution in [2.24, 2.45) is 0 Å². The van der Waals surface area contributed by atoms with E-state index in [2.05, 4.69) is 30.1 Å². The molecule has 3 heteroatoms. The third kappa shape index (κ3) is 6.14. The lowest BCUT2D eigenvalue weighted by Crippen LogP contribution is -2.35. The maximum atomic E-state index is 8.76. The molecule has 0 rings (SSSR count). The van der Waals surface area contributed by atoms with Crippen LogP contribution in [-0.2, 0) is 0 Å². The molecule has 0 aliphatic rings. The van der Waals surface area contributed by atoms with Crippen molar-refractivity contribution in [1.29, 1.82) is 5.26 Å². The van der Waals surface area contributed by atoms with Gasteiger partial charge >= 0.3 is 0 Å². The highest BCUT2D eigenvalue weighted by molar-refractivity contribution is 4.90. The number of rotatable bonds is 5. The maximum absolute atomic E-state index is 8.76. The van der Waals surface area contributed by atoms with Gasteiger partial charge in [-0.1, -0.05) is 0 Å². The minimum absolute atomic E-state index is 0.00704. The lowest BCUT2D eigenvalue weighted by Gasteiger charge is -2.16. The Labute approximate surface area is 75.4 Å². The van der Waals surface area contributed by atoms with Gasteiger partial charge in [0.2, 0.25) is 0 Å². The van der Waals surface area contributed by atoms with Crippen LogP contribution < -0.4 is 5.32 Å². The highest BCUT2D eigenvalue weighted by atomic mass is 15.1. The van der Waals surface area contributed by atoms with Crippen molar-refractivity contribution < 1.29 is 0 Å². The van der Waals surface area contributed by atoms with Gasteiger partial charge in [0.25, 0.3) is 0 Å². The highest BCUT2D eigenvalue weighted by Gasteiger charge is 2.07. The van der Waals surface area contributed by atoms with Crippen LogP contribution in [-0.4, -0.2) is 37.6 Å². The summed E-state index contributed by atoms with van der Waals surface area (Å²) in [5.74, 6) is 0. The molecule has 0 fully saturated rings. The van der Waals surface area contributed by atoms with Crippen molar-refractivity contribution >= 4 is 0 Å².